The normalized spacial score (nSPS) is 19.0. The number of rotatable bonds is 8. The Morgan fingerprint density at radius 3 is 2.97 bits per heavy atom. The Morgan fingerprint density at radius 2 is 2.28 bits per heavy atom. The summed E-state index contributed by atoms with van der Waals surface area (Å²) in [6.07, 6.45) is 1.32. The second kappa shape index (κ2) is 9.18. The van der Waals surface area contributed by atoms with Crippen LogP contribution >= 0.6 is 11.3 Å². The van der Waals surface area contributed by atoms with E-state index in [0.29, 0.717) is 18.5 Å². The van der Waals surface area contributed by atoms with Gasteiger partial charge in [0.1, 0.15) is 6.29 Å². The van der Waals surface area contributed by atoms with Crippen molar-refractivity contribution in [3.63, 3.8) is 0 Å². The molecule has 0 aliphatic carbocycles. The number of nitrogens with zero attached hydrogens (tertiary/aromatic N) is 2. The molecule has 9 nitrogen and oxygen atoms in total. The molecule has 29 heavy (non-hydrogen) atoms. The van der Waals surface area contributed by atoms with Gasteiger partial charge in [-0.15, -0.1) is 11.3 Å². The molecule has 2 atom stereocenters. The first-order chi connectivity index (χ1) is 13.8. The monoisotopic (exact) mass is 441 g/mol. The van der Waals surface area contributed by atoms with Crippen LogP contribution in [0.2, 0.25) is 0 Å². The third-order valence-corrected chi connectivity index (χ3v) is 6.86. The van der Waals surface area contributed by atoms with Crippen LogP contribution in [0.4, 0.5) is 5.69 Å². The van der Waals surface area contributed by atoms with Crippen molar-refractivity contribution in [2.24, 2.45) is 0 Å². The first-order valence-corrected chi connectivity index (χ1v) is 11.8. The summed E-state index contributed by atoms with van der Waals surface area (Å²) in [5, 5.41) is 11.9. The molecule has 2 heterocycles. The summed E-state index contributed by atoms with van der Waals surface area (Å²) in [5.41, 5.74) is 2.10. The Balaban J connectivity index is 1.90. The summed E-state index contributed by atoms with van der Waals surface area (Å²) in [5.74, 6) is -0.641. The zero-order chi connectivity index (χ0) is 21.0. The number of aldehydes is 1. The van der Waals surface area contributed by atoms with Crippen molar-refractivity contribution in [1.29, 1.82) is 0 Å². The van der Waals surface area contributed by atoms with Crippen LogP contribution in [-0.2, 0) is 24.3 Å². The van der Waals surface area contributed by atoms with E-state index in [9.17, 15) is 18.0 Å². The second-order valence-electron chi connectivity index (χ2n) is 6.76. The molecule has 0 unspecified atom stereocenters. The standard InChI is InChI=1S/C18H23N3O6S2/c1-29(25,26)21(14-4-5-16-13(11-14)6-10-28-16)17-12-20(7-9-27-17)15(3-2-8-22)18(23)19-24/h4-6,8,10-11,15,17,24H,2-3,7,9,12H2,1H3,(H,19,23)/t15-,17+/m1/s1. The Kier molecular flexibility index (Phi) is 6.85. The largest absolute Gasteiger partial charge is 0.355 e. The molecule has 1 aromatic carbocycles. The minimum Gasteiger partial charge on any atom is -0.355 e. The van der Waals surface area contributed by atoms with Crippen LogP contribution in [0.3, 0.4) is 0 Å². The number of hydrogen-bond acceptors (Lipinski definition) is 8. The predicted octanol–water partition coefficient (Wildman–Crippen LogP) is 1.18. The number of morpholine rings is 1. The van der Waals surface area contributed by atoms with Gasteiger partial charge in [0, 0.05) is 24.2 Å². The number of sulfonamides is 1. The molecule has 158 valence electrons. The SMILES string of the molecule is CS(=O)(=O)N(c1ccc2sccc2c1)[C@@H]1CN([C@H](CCC=O)C(=O)NO)CCO1. The van der Waals surface area contributed by atoms with E-state index in [1.54, 1.807) is 33.8 Å². The number of anilines is 1. The molecule has 1 aliphatic rings. The van der Waals surface area contributed by atoms with Gasteiger partial charge in [0.2, 0.25) is 10.0 Å². The molecule has 0 saturated carbocycles. The number of ether oxygens (including phenoxy) is 1. The van der Waals surface area contributed by atoms with Crippen molar-refractivity contribution in [3.05, 3.63) is 29.6 Å². The quantitative estimate of drug-likeness (QED) is 0.359. The van der Waals surface area contributed by atoms with Gasteiger partial charge in [-0.2, -0.15) is 0 Å². The van der Waals surface area contributed by atoms with Crippen LogP contribution in [-0.4, -0.2) is 68.9 Å². The fourth-order valence-electron chi connectivity index (χ4n) is 3.52. The lowest BCUT2D eigenvalue weighted by atomic mass is 10.1. The number of carbonyl (C=O) groups excluding carboxylic acids is 2. The second-order valence-corrected chi connectivity index (χ2v) is 9.56. The Hall–Kier alpha value is -2.05. The number of thiophene rings is 1. The number of amides is 1. The number of nitrogens with one attached hydrogen (secondary N) is 1. The first kappa shape index (κ1) is 21.7. The van der Waals surface area contributed by atoms with Crippen molar-refractivity contribution >= 4 is 49.3 Å². The minimum atomic E-state index is -3.68. The van der Waals surface area contributed by atoms with Gasteiger partial charge in [0.25, 0.3) is 5.91 Å². The molecule has 0 spiro atoms. The highest BCUT2D eigenvalue weighted by molar-refractivity contribution is 7.92. The lowest BCUT2D eigenvalue weighted by Gasteiger charge is -2.41. The van der Waals surface area contributed by atoms with Gasteiger partial charge in [-0.25, -0.2) is 18.2 Å². The van der Waals surface area contributed by atoms with Crippen LogP contribution in [0.1, 0.15) is 12.8 Å². The summed E-state index contributed by atoms with van der Waals surface area (Å²) in [6, 6.07) is 6.53. The van der Waals surface area contributed by atoms with E-state index in [0.717, 1.165) is 16.3 Å². The summed E-state index contributed by atoms with van der Waals surface area (Å²) < 4.78 is 33.2. The molecular weight excluding hydrogens is 418 g/mol. The number of hydrogen-bond donors (Lipinski definition) is 2. The molecule has 1 fully saturated rings. The minimum absolute atomic E-state index is 0.117. The van der Waals surface area contributed by atoms with Gasteiger partial charge in [0.05, 0.1) is 24.6 Å². The molecule has 1 amide bonds. The predicted molar refractivity (Wildman–Crippen MR) is 109 cm³/mol. The van der Waals surface area contributed by atoms with Gasteiger partial charge in [-0.05, 0) is 41.5 Å². The van der Waals surface area contributed by atoms with Gasteiger partial charge < -0.3 is 9.53 Å². The Labute approximate surface area is 172 Å². The molecule has 11 heteroatoms. The van der Waals surface area contributed by atoms with Crippen LogP contribution in [0.5, 0.6) is 0 Å². The zero-order valence-corrected chi connectivity index (χ0v) is 17.5. The molecular formula is C18H23N3O6S2. The maximum absolute atomic E-state index is 12.6. The first-order valence-electron chi connectivity index (χ1n) is 9.05. The molecule has 2 aromatic rings. The lowest BCUT2D eigenvalue weighted by molar-refractivity contribution is -0.138. The molecule has 0 bridgehead atoms. The summed E-state index contributed by atoms with van der Waals surface area (Å²) in [6.45, 7) is 0.688. The highest BCUT2D eigenvalue weighted by atomic mass is 32.2. The third kappa shape index (κ3) is 4.93. The average molecular weight is 442 g/mol. The number of fused-ring (bicyclic) bond motifs is 1. The van der Waals surface area contributed by atoms with Crippen LogP contribution in [0.25, 0.3) is 10.1 Å². The van der Waals surface area contributed by atoms with E-state index < -0.39 is 28.2 Å². The maximum atomic E-state index is 12.6. The number of benzene rings is 1. The van der Waals surface area contributed by atoms with Crippen molar-refractivity contribution in [2.75, 3.05) is 30.3 Å². The van der Waals surface area contributed by atoms with Gasteiger partial charge >= 0.3 is 0 Å². The van der Waals surface area contributed by atoms with Crippen LogP contribution < -0.4 is 9.79 Å². The topological polar surface area (TPSA) is 116 Å². The fourth-order valence-corrected chi connectivity index (χ4v) is 5.34. The van der Waals surface area contributed by atoms with E-state index in [2.05, 4.69) is 0 Å². The summed E-state index contributed by atoms with van der Waals surface area (Å²) in [7, 11) is -3.68. The van der Waals surface area contributed by atoms with Gasteiger partial charge in [-0.3, -0.25) is 14.9 Å². The molecule has 1 aliphatic heterocycles. The van der Waals surface area contributed by atoms with Crippen molar-refractivity contribution < 1.29 is 28.0 Å². The number of hydroxylamine groups is 1. The summed E-state index contributed by atoms with van der Waals surface area (Å²) in [4.78, 5) is 24.6. The van der Waals surface area contributed by atoms with E-state index in [-0.39, 0.29) is 26.0 Å². The van der Waals surface area contributed by atoms with Crippen molar-refractivity contribution in [3.8, 4) is 0 Å². The van der Waals surface area contributed by atoms with E-state index in [4.69, 9.17) is 9.94 Å². The summed E-state index contributed by atoms with van der Waals surface area (Å²) >= 11 is 1.56. The van der Waals surface area contributed by atoms with Crippen LogP contribution in [0, 0.1) is 0 Å². The fraction of sp³-hybridized carbons (Fsp3) is 0.444. The Morgan fingerprint density at radius 1 is 1.48 bits per heavy atom. The Bertz CT molecular complexity index is 977. The van der Waals surface area contributed by atoms with Gasteiger partial charge in [-0.1, -0.05) is 0 Å². The van der Waals surface area contributed by atoms with E-state index in [1.807, 2.05) is 17.5 Å². The highest BCUT2D eigenvalue weighted by Crippen LogP contribution is 2.30. The maximum Gasteiger partial charge on any atom is 0.260 e. The number of carbonyl (C=O) groups is 2. The lowest BCUT2D eigenvalue weighted by Crippen LogP contribution is -2.58. The van der Waals surface area contributed by atoms with Crippen molar-refractivity contribution in [1.82, 2.24) is 10.4 Å². The molecule has 2 N–H and O–H groups in total. The van der Waals surface area contributed by atoms with Crippen LogP contribution in [0.15, 0.2) is 29.6 Å². The molecule has 0 radical (unpaired) electrons. The molecule has 3 rings (SSSR count). The van der Waals surface area contributed by atoms with E-state index >= 15 is 0 Å². The van der Waals surface area contributed by atoms with E-state index in [1.165, 1.54) is 4.31 Å². The van der Waals surface area contributed by atoms with Crippen molar-refractivity contribution in [2.45, 2.75) is 25.1 Å². The van der Waals surface area contributed by atoms with Gasteiger partial charge in [0.15, 0.2) is 6.23 Å². The highest BCUT2D eigenvalue weighted by Gasteiger charge is 2.36. The zero-order valence-electron chi connectivity index (χ0n) is 15.9. The average Bonchev–Trinajstić information content (AvgIpc) is 3.15. The third-order valence-electron chi connectivity index (χ3n) is 4.80. The molecule has 1 saturated heterocycles. The molecule has 1 aromatic heterocycles. The smallest absolute Gasteiger partial charge is 0.260 e.